The molecule has 0 fully saturated rings. The molecule has 2 aromatic heterocycles. The summed E-state index contributed by atoms with van der Waals surface area (Å²) >= 11 is 0. The van der Waals surface area contributed by atoms with Crippen molar-refractivity contribution >= 4 is 73.8 Å². The summed E-state index contributed by atoms with van der Waals surface area (Å²) in [4.78, 5) is 28.9. The van der Waals surface area contributed by atoms with Gasteiger partial charge in [0.2, 0.25) is 0 Å². The molecule has 0 amide bonds. The first-order valence-electron chi connectivity index (χ1n) is 6.50. The molecule has 1 aromatic carbocycles. The van der Waals surface area contributed by atoms with Crippen molar-refractivity contribution in [3.8, 4) is 0 Å². The molecular formula is C14H4Cl2N2O6S2. The van der Waals surface area contributed by atoms with E-state index in [4.69, 9.17) is 21.4 Å². The van der Waals surface area contributed by atoms with Gasteiger partial charge in [0.25, 0.3) is 30.7 Å². The first-order valence-corrected chi connectivity index (χ1v) is 11.1. The topological polar surface area (TPSA) is 128 Å². The van der Waals surface area contributed by atoms with Crippen molar-refractivity contribution in [2.24, 2.45) is 0 Å². The van der Waals surface area contributed by atoms with Crippen LogP contribution in [-0.2, 0) is 27.7 Å². The second-order valence-corrected chi connectivity index (χ2v) is 10.0. The summed E-state index contributed by atoms with van der Waals surface area (Å²) in [5, 5.41) is -0.0556. The molecule has 0 aliphatic rings. The minimum absolute atomic E-state index is 0.0278. The standard InChI is InChI=1S/C14H4Cl2N2O6S2/c15-25(21,22)11-3-7(5-19)17-13-9(11)1-2-10-12(26(16,23)24)4-8(6-20)18-14(10)13/h1-4H. The summed E-state index contributed by atoms with van der Waals surface area (Å²) in [5.74, 6) is 0. The second kappa shape index (κ2) is 6.23. The number of halogens is 2. The van der Waals surface area contributed by atoms with Crippen LogP contribution in [0.25, 0.3) is 21.8 Å². The van der Waals surface area contributed by atoms with Crippen LogP contribution in [0.3, 0.4) is 0 Å². The molecule has 0 N–H and O–H groups in total. The third-order valence-electron chi connectivity index (χ3n) is 3.42. The van der Waals surface area contributed by atoms with E-state index < -0.39 is 39.3 Å². The van der Waals surface area contributed by atoms with Crippen LogP contribution in [0.4, 0.5) is 0 Å². The van der Waals surface area contributed by atoms with Crippen molar-refractivity contribution in [1.29, 1.82) is 0 Å². The smallest absolute Gasteiger partial charge is 0.262 e. The average Bonchev–Trinajstić information content (AvgIpc) is 2.57. The largest absolute Gasteiger partial charge is 0.283 e. The van der Waals surface area contributed by atoms with Gasteiger partial charge in [-0.25, -0.2) is 26.8 Å². The highest BCUT2D eigenvalue weighted by Gasteiger charge is 2.23. The normalized spacial score (nSPS) is 12.4. The average molecular weight is 431 g/mol. The maximum atomic E-state index is 11.8. The lowest BCUT2D eigenvalue weighted by Gasteiger charge is -2.09. The van der Waals surface area contributed by atoms with Gasteiger partial charge >= 0.3 is 0 Å². The van der Waals surface area contributed by atoms with Crippen LogP contribution in [0, 0.1) is 0 Å². The van der Waals surface area contributed by atoms with Gasteiger partial charge < -0.3 is 0 Å². The lowest BCUT2D eigenvalue weighted by Crippen LogP contribution is -2.02. The number of carbonyl (C=O) groups excluding carboxylic acids is 2. The van der Waals surface area contributed by atoms with E-state index in [1.54, 1.807) is 0 Å². The molecule has 0 aliphatic heterocycles. The van der Waals surface area contributed by atoms with Gasteiger partial charge in [0.15, 0.2) is 0 Å². The number of aromatic nitrogens is 2. The zero-order chi connectivity index (χ0) is 19.3. The molecule has 0 spiro atoms. The molecule has 0 bridgehead atoms. The molecule has 0 aliphatic carbocycles. The minimum atomic E-state index is -4.28. The molecule has 26 heavy (non-hydrogen) atoms. The zero-order valence-corrected chi connectivity index (χ0v) is 15.4. The van der Waals surface area contributed by atoms with E-state index >= 15 is 0 Å². The third-order valence-corrected chi connectivity index (χ3v) is 6.14. The van der Waals surface area contributed by atoms with Crippen LogP contribution in [-0.4, -0.2) is 39.4 Å². The van der Waals surface area contributed by atoms with Crippen LogP contribution in [0.2, 0.25) is 0 Å². The molecule has 0 saturated heterocycles. The summed E-state index contributed by atoms with van der Waals surface area (Å²) in [7, 11) is 2.23. The van der Waals surface area contributed by atoms with Gasteiger partial charge in [-0.15, -0.1) is 0 Å². The summed E-state index contributed by atoms with van der Waals surface area (Å²) < 4.78 is 47.2. The maximum absolute atomic E-state index is 11.8. The highest BCUT2D eigenvalue weighted by Crippen LogP contribution is 2.33. The fourth-order valence-corrected chi connectivity index (χ4v) is 4.55. The van der Waals surface area contributed by atoms with Crippen molar-refractivity contribution in [1.82, 2.24) is 9.97 Å². The van der Waals surface area contributed by atoms with Crippen LogP contribution in [0.1, 0.15) is 11.4 Å². The van der Waals surface area contributed by atoms with Crippen LogP contribution >= 0.6 is 21.4 Å². The van der Waals surface area contributed by atoms with Gasteiger partial charge in [-0.1, -0.05) is 12.1 Å². The molecule has 2 heterocycles. The van der Waals surface area contributed by atoms with Gasteiger partial charge in [0.05, 0.1) is 20.8 Å². The van der Waals surface area contributed by atoms with Crippen LogP contribution in [0.15, 0.2) is 34.1 Å². The quantitative estimate of drug-likeness (QED) is 0.450. The molecule has 132 valence electrons. The monoisotopic (exact) mass is 430 g/mol. The lowest BCUT2D eigenvalue weighted by atomic mass is 10.1. The van der Waals surface area contributed by atoms with Crippen LogP contribution < -0.4 is 0 Å². The highest BCUT2D eigenvalue weighted by molar-refractivity contribution is 8.14. The van der Waals surface area contributed by atoms with Gasteiger partial charge in [0, 0.05) is 32.1 Å². The van der Waals surface area contributed by atoms with Gasteiger partial charge in [-0.3, -0.25) is 9.59 Å². The van der Waals surface area contributed by atoms with E-state index in [9.17, 15) is 26.4 Å². The fourth-order valence-electron chi connectivity index (χ4n) is 2.42. The predicted molar refractivity (Wildman–Crippen MR) is 92.7 cm³/mol. The Balaban J connectivity index is 2.66. The zero-order valence-electron chi connectivity index (χ0n) is 12.2. The summed E-state index contributed by atoms with van der Waals surface area (Å²) in [6.45, 7) is 0. The Morgan fingerprint density at radius 2 is 1.08 bits per heavy atom. The van der Waals surface area contributed by atoms with Crippen molar-refractivity contribution in [2.75, 3.05) is 0 Å². The molecule has 3 rings (SSSR count). The molecule has 0 unspecified atom stereocenters. The van der Waals surface area contributed by atoms with Crippen LogP contribution in [0.5, 0.6) is 0 Å². The number of fused-ring (bicyclic) bond motifs is 3. The maximum Gasteiger partial charge on any atom is 0.262 e. The van der Waals surface area contributed by atoms with Crippen molar-refractivity contribution in [3.05, 3.63) is 35.7 Å². The van der Waals surface area contributed by atoms with Gasteiger partial charge in [-0.2, -0.15) is 0 Å². The Labute approximate surface area is 155 Å². The number of hydrogen-bond donors (Lipinski definition) is 0. The molecule has 8 nitrogen and oxygen atoms in total. The number of pyridine rings is 2. The SMILES string of the molecule is O=[C]c1cc(S(=O)(=O)Cl)c2ccc3c(S(=O)(=O)Cl)cc([C]=O)nc3c2n1. The molecule has 2 radical (unpaired) electrons. The Kier molecular flexibility index (Phi) is 4.47. The molecule has 0 saturated carbocycles. The summed E-state index contributed by atoms with van der Waals surface area (Å²) in [6, 6.07) is 4.31. The first-order chi connectivity index (χ1) is 12.1. The number of hydrogen-bond acceptors (Lipinski definition) is 8. The Morgan fingerprint density at radius 1 is 0.731 bits per heavy atom. The van der Waals surface area contributed by atoms with E-state index in [0.717, 1.165) is 12.1 Å². The second-order valence-electron chi connectivity index (χ2n) is 4.95. The minimum Gasteiger partial charge on any atom is -0.283 e. The third kappa shape index (κ3) is 3.16. The van der Waals surface area contributed by atoms with Crippen molar-refractivity contribution in [2.45, 2.75) is 9.79 Å². The van der Waals surface area contributed by atoms with E-state index in [1.165, 1.54) is 24.7 Å². The predicted octanol–water partition coefficient (Wildman–Crippen LogP) is 1.55. The number of benzene rings is 1. The highest BCUT2D eigenvalue weighted by atomic mass is 35.7. The van der Waals surface area contributed by atoms with Gasteiger partial charge in [0.1, 0.15) is 11.4 Å². The van der Waals surface area contributed by atoms with Gasteiger partial charge in [-0.05, 0) is 12.1 Å². The molecule has 0 atom stereocenters. The fraction of sp³-hybridized carbons (Fsp3) is 0. The number of nitrogens with zero attached hydrogens (tertiary/aromatic N) is 2. The molecular weight excluding hydrogens is 427 g/mol. The Morgan fingerprint density at radius 3 is 1.35 bits per heavy atom. The van der Waals surface area contributed by atoms with E-state index in [0.29, 0.717) is 0 Å². The first kappa shape index (κ1) is 18.6. The Hall–Kier alpha value is -2.14. The van der Waals surface area contributed by atoms with Crippen molar-refractivity contribution < 1.29 is 26.4 Å². The van der Waals surface area contributed by atoms with E-state index in [-0.39, 0.29) is 21.8 Å². The Bertz CT molecular complexity index is 1220. The summed E-state index contributed by atoms with van der Waals surface area (Å²) in [6.07, 6.45) is 2.87. The van der Waals surface area contributed by atoms with E-state index in [1.807, 2.05) is 0 Å². The number of rotatable bonds is 4. The van der Waals surface area contributed by atoms with Crippen molar-refractivity contribution in [3.63, 3.8) is 0 Å². The summed E-state index contributed by atoms with van der Waals surface area (Å²) in [5.41, 5.74) is -1.13. The molecule has 3 aromatic rings. The lowest BCUT2D eigenvalue weighted by molar-refractivity contribution is 0.560. The van der Waals surface area contributed by atoms with E-state index in [2.05, 4.69) is 9.97 Å². The molecule has 12 heteroatoms.